The molecule has 1 amide bonds. The smallest absolute Gasteiger partial charge is 0.407 e. The number of aromatic nitrogens is 4. The molecule has 3 rings (SSSR count). The van der Waals surface area contributed by atoms with Gasteiger partial charge < -0.3 is 10.0 Å². The fraction of sp³-hybridized carbons (Fsp3) is 0.429. The summed E-state index contributed by atoms with van der Waals surface area (Å²) in [7, 11) is 0. The highest BCUT2D eigenvalue weighted by Gasteiger charge is 2.26. The number of amides is 1. The van der Waals surface area contributed by atoms with Crippen LogP contribution in [0.15, 0.2) is 24.3 Å². The summed E-state index contributed by atoms with van der Waals surface area (Å²) in [5.74, 6) is 0.605. The number of hydrogen-bond donors (Lipinski definition) is 1. The van der Waals surface area contributed by atoms with Crippen molar-refractivity contribution in [1.82, 2.24) is 30.0 Å². The molecule has 1 aliphatic rings. The summed E-state index contributed by atoms with van der Waals surface area (Å²) in [5, 5.41) is 22.2. The molecule has 1 fully saturated rings. The van der Waals surface area contributed by atoms with Crippen LogP contribution in [0.5, 0.6) is 0 Å². The first-order valence-electron chi connectivity index (χ1n) is 7.32. The van der Waals surface area contributed by atoms with Gasteiger partial charge in [-0.1, -0.05) is 17.7 Å². The molecule has 8 nitrogen and oxygen atoms in total. The lowest BCUT2D eigenvalue weighted by atomic mass is 10.2. The van der Waals surface area contributed by atoms with E-state index in [1.165, 1.54) is 9.70 Å². The van der Waals surface area contributed by atoms with Crippen LogP contribution in [0, 0.1) is 0 Å². The number of halogens is 1. The van der Waals surface area contributed by atoms with Crippen molar-refractivity contribution in [3.05, 3.63) is 35.1 Å². The van der Waals surface area contributed by atoms with Crippen molar-refractivity contribution in [2.75, 3.05) is 26.2 Å². The number of tetrazole rings is 1. The number of hydrogen-bond acceptors (Lipinski definition) is 5. The highest BCUT2D eigenvalue weighted by molar-refractivity contribution is 6.30. The summed E-state index contributed by atoms with van der Waals surface area (Å²) in [4.78, 5) is 16.0. The maximum atomic E-state index is 10.9. The van der Waals surface area contributed by atoms with Gasteiger partial charge in [-0.2, -0.15) is 0 Å². The minimum absolute atomic E-state index is 0.0288. The molecule has 1 atom stereocenters. The average Bonchev–Trinajstić information content (AvgIpc) is 3.04. The molecule has 0 spiro atoms. The Bertz CT molecular complexity index is 698. The molecule has 2 heterocycles. The highest BCUT2D eigenvalue weighted by Crippen LogP contribution is 2.19. The minimum Gasteiger partial charge on any atom is -0.465 e. The normalized spacial score (nSPS) is 17.2. The number of rotatable bonds is 3. The van der Waals surface area contributed by atoms with Gasteiger partial charge in [0, 0.05) is 31.2 Å². The Morgan fingerprint density at radius 2 is 2.04 bits per heavy atom. The second-order valence-electron chi connectivity index (χ2n) is 5.40. The van der Waals surface area contributed by atoms with E-state index in [1.807, 2.05) is 19.1 Å². The molecule has 1 N–H and O–H groups in total. The quantitative estimate of drug-likeness (QED) is 0.917. The van der Waals surface area contributed by atoms with E-state index in [1.54, 1.807) is 12.1 Å². The fourth-order valence-corrected chi connectivity index (χ4v) is 2.75. The molecule has 2 aromatic rings. The molecule has 1 unspecified atom stereocenters. The lowest BCUT2D eigenvalue weighted by Crippen LogP contribution is -2.49. The summed E-state index contributed by atoms with van der Waals surface area (Å²) in [6, 6.07) is 7.21. The van der Waals surface area contributed by atoms with Crippen LogP contribution in [-0.4, -0.2) is 67.4 Å². The molecule has 0 radical (unpaired) electrons. The van der Waals surface area contributed by atoms with E-state index in [4.69, 9.17) is 16.7 Å². The third-order valence-corrected chi connectivity index (χ3v) is 4.21. The second-order valence-corrected chi connectivity index (χ2v) is 5.83. The predicted octanol–water partition coefficient (Wildman–Crippen LogP) is 1.67. The van der Waals surface area contributed by atoms with Crippen molar-refractivity contribution in [1.29, 1.82) is 0 Å². The lowest BCUT2D eigenvalue weighted by Gasteiger charge is -2.35. The molecule has 0 bridgehead atoms. The molecule has 1 saturated heterocycles. The number of piperazine rings is 1. The Balaban J connectivity index is 1.69. The fourth-order valence-electron chi connectivity index (χ4n) is 2.57. The topological polar surface area (TPSA) is 87.4 Å². The number of carboxylic acid groups (broad SMARTS) is 1. The van der Waals surface area contributed by atoms with E-state index in [-0.39, 0.29) is 6.04 Å². The zero-order chi connectivity index (χ0) is 16.4. The predicted molar refractivity (Wildman–Crippen MR) is 83.7 cm³/mol. The summed E-state index contributed by atoms with van der Waals surface area (Å²) in [5.41, 5.74) is 0.749. The van der Waals surface area contributed by atoms with Crippen LogP contribution in [0.25, 0.3) is 5.69 Å². The summed E-state index contributed by atoms with van der Waals surface area (Å²) in [6.07, 6.45) is -0.873. The van der Waals surface area contributed by atoms with Crippen LogP contribution in [-0.2, 0) is 0 Å². The Morgan fingerprint density at radius 3 is 2.70 bits per heavy atom. The molecule has 0 saturated carbocycles. The van der Waals surface area contributed by atoms with E-state index in [9.17, 15) is 4.79 Å². The Morgan fingerprint density at radius 1 is 1.30 bits per heavy atom. The zero-order valence-corrected chi connectivity index (χ0v) is 13.4. The number of carbonyl (C=O) groups is 1. The summed E-state index contributed by atoms with van der Waals surface area (Å²) in [6.45, 7) is 4.28. The SMILES string of the molecule is CC(c1nnn(-c2cccc(Cl)c2)n1)N1CCN(C(=O)O)CC1. The Kier molecular flexibility index (Phi) is 4.44. The van der Waals surface area contributed by atoms with Gasteiger partial charge in [-0.3, -0.25) is 4.90 Å². The molecule has 1 aromatic heterocycles. The van der Waals surface area contributed by atoms with E-state index in [0.717, 1.165) is 5.69 Å². The van der Waals surface area contributed by atoms with Gasteiger partial charge in [0.15, 0.2) is 5.82 Å². The monoisotopic (exact) mass is 336 g/mol. The van der Waals surface area contributed by atoms with E-state index in [2.05, 4.69) is 20.3 Å². The molecule has 9 heteroatoms. The van der Waals surface area contributed by atoms with Gasteiger partial charge in [0.2, 0.25) is 0 Å². The molecule has 23 heavy (non-hydrogen) atoms. The second kappa shape index (κ2) is 6.51. The van der Waals surface area contributed by atoms with Crippen molar-refractivity contribution in [3.8, 4) is 5.69 Å². The van der Waals surface area contributed by atoms with E-state index in [0.29, 0.717) is 37.0 Å². The van der Waals surface area contributed by atoms with E-state index < -0.39 is 6.09 Å². The summed E-state index contributed by atoms with van der Waals surface area (Å²) < 4.78 is 0. The average molecular weight is 337 g/mol. The minimum atomic E-state index is -0.873. The molecule has 0 aliphatic carbocycles. The van der Waals surface area contributed by atoms with E-state index >= 15 is 0 Å². The van der Waals surface area contributed by atoms with Crippen molar-refractivity contribution in [2.45, 2.75) is 13.0 Å². The molecular weight excluding hydrogens is 320 g/mol. The van der Waals surface area contributed by atoms with Crippen molar-refractivity contribution < 1.29 is 9.90 Å². The van der Waals surface area contributed by atoms with Crippen LogP contribution in [0.4, 0.5) is 4.79 Å². The maximum absolute atomic E-state index is 10.9. The van der Waals surface area contributed by atoms with Gasteiger partial charge in [-0.25, -0.2) is 4.79 Å². The first-order valence-corrected chi connectivity index (χ1v) is 7.70. The third kappa shape index (κ3) is 3.43. The molecule has 122 valence electrons. The van der Waals surface area contributed by atoms with Gasteiger partial charge >= 0.3 is 6.09 Å². The van der Waals surface area contributed by atoms with Crippen LogP contribution in [0.2, 0.25) is 5.02 Å². The lowest BCUT2D eigenvalue weighted by molar-refractivity contribution is 0.0869. The van der Waals surface area contributed by atoms with Crippen LogP contribution in [0.1, 0.15) is 18.8 Å². The van der Waals surface area contributed by atoms with Gasteiger partial charge in [0.25, 0.3) is 0 Å². The number of nitrogens with zero attached hydrogens (tertiary/aromatic N) is 6. The van der Waals surface area contributed by atoms with Gasteiger partial charge in [0.1, 0.15) is 0 Å². The molecule has 1 aromatic carbocycles. The first kappa shape index (κ1) is 15.7. The molecular formula is C14H17ClN6O2. The Labute approximate surface area is 138 Å². The molecule has 1 aliphatic heterocycles. The van der Waals surface area contributed by atoms with Crippen LogP contribution in [0.3, 0.4) is 0 Å². The van der Waals surface area contributed by atoms with Gasteiger partial charge in [-0.15, -0.1) is 15.0 Å². The highest BCUT2D eigenvalue weighted by atomic mass is 35.5. The van der Waals surface area contributed by atoms with Crippen molar-refractivity contribution in [2.24, 2.45) is 0 Å². The first-order chi connectivity index (χ1) is 11.0. The van der Waals surface area contributed by atoms with Crippen molar-refractivity contribution in [3.63, 3.8) is 0 Å². The van der Waals surface area contributed by atoms with Crippen molar-refractivity contribution >= 4 is 17.7 Å². The Hall–Kier alpha value is -2.19. The standard InChI is InChI=1S/C14H17ClN6O2/c1-10(19-5-7-20(8-6-19)14(22)23)13-16-18-21(17-13)12-4-2-3-11(15)9-12/h2-4,9-10H,5-8H2,1H3,(H,22,23). The largest absolute Gasteiger partial charge is 0.465 e. The summed E-state index contributed by atoms with van der Waals surface area (Å²) >= 11 is 5.97. The van der Waals surface area contributed by atoms with Crippen LogP contribution >= 0.6 is 11.6 Å². The van der Waals surface area contributed by atoms with Gasteiger partial charge in [0.05, 0.1) is 11.7 Å². The third-order valence-electron chi connectivity index (χ3n) is 3.97. The van der Waals surface area contributed by atoms with Crippen LogP contribution < -0.4 is 0 Å². The number of benzene rings is 1. The maximum Gasteiger partial charge on any atom is 0.407 e. The van der Waals surface area contributed by atoms with Gasteiger partial charge in [-0.05, 0) is 30.3 Å². The zero-order valence-electron chi connectivity index (χ0n) is 12.6.